The standard InChI is InChI=1S/C25H29N3O3/c1-2-31-22-9-4-3-7-20(22)24(29)26-21-8-5-6-18-15-28(25(30)23(18)21)16-19-14-17-10-12-27(19)13-11-17/h3-9,17,19H,2,10-16H2,1H3,(H,26,29)/t19-/m1/s1. The minimum Gasteiger partial charge on any atom is -0.493 e. The van der Waals surface area contributed by atoms with Crippen molar-refractivity contribution in [3.05, 3.63) is 59.2 Å². The molecular formula is C25H29N3O3. The van der Waals surface area contributed by atoms with Gasteiger partial charge in [0.1, 0.15) is 5.75 Å². The molecule has 0 unspecified atom stereocenters. The molecule has 4 aliphatic heterocycles. The molecule has 1 atom stereocenters. The van der Waals surface area contributed by atoms with E-state index in [1.807, 2.05) is 42.2 Å². The van der Waals surface area contributed by atoms with Crippen LogP contribution in [0.3, 0.4) is 0 Å². The SMILES string of the molecule is CCOc1ccccc1C(=O)Nc1cccc2c1C(=O)N(C[C@H]1CC3CCN1CC3)C2. The number of hydrogen-bond acceptors (Lipinski definition) is 4. The van der Waals surface area contributed by atoms with E-state index in [2.05, 4.69) is 10.2 Å². The van der Waals surface area contributed by atoms with Gasteiger partial charge in [-0.3, -0.25) is 14.5 Å². The van der Waals surface area contributed by atoms with Gasteiger partial charge in [-0.1, -0.05) is 24.3 Å². The number of amides is 2. The molecule has 2 bridgehead atoms. The Morgan fingerprint density at radius 3 is 2.68 bits per heavy atom. The Kier molecular flexibility index (Phi) is 5.40. The van der Waals surface area contributed by atoms with Gasteiger partial charge in [0, 0.05) is 19.1 Å². The predicted octanol–water partition coefficient (Wildman–Crippen LogP) is 3.78. The number of ether oxygens (including phenoxy) is 1. The van der Waals surface area contributed by atoms with Gasteiger partial charge in [-0.25, -0.2) is 0 Å². The van der Waals surface area contributed by atoms with Crippen LogP contribution in [0.5, 0.6) is 5.75 Å². The summed E-state index contributed by atoms with van der Waals surface area (Å²) < 4.78 is 5.59. The lowest BCUT2D eigenvalue weighted by atomic mass is 9.83. The van der Waals surface area contributed by atoms with Gasteiger partial charge in [0.2, 0.25) is 0 Å². The van der Waals surface area contributed by atoms with Gasteiger partial charge < -0.3 is 15.0 Å². The second kappa shape index (κ2) is 8.35. The lowest BCUT2D eigenvalue weighted by Gasteiger charge is -2.46. The third-order valence-corrected chi connectivity index (χ3v) is 6.89. The van der Waals surface area contributed by atoms with Crippen LogP contribution in [-0.4, -0.2) is 53.9 Å². The Morgan fingerprint density at radius 1 is 1.13 bits per heavy atom. The molecule has 6 heteroatoms. The zero-order chi connectivity index (χ0) is 21.4. The zero-order valence-corrected chi connectivity index (χ0v) is 18.0. The van der Waals surface area contributed by atoms with Crippen molar-refractivity contribution in [1.29, 1.82) is 0 Å². The van der Waals surface area contributed by atoms with Crippen molar-refractivity contribution < 1.29 is 14.3 Å². The van der Waals surface area contributed by atoms with Gasteiger partial charge in [-0.05, 0) is 69.0 Å². The number of piperidine rings is 3. The molecule has 31 heavy (non-hydrogen) atoms. The summed E-state index contributed by atoms with van der Waals surface area (Å²) in [6, 6.07) is 13.4. The summed E-state index contributed by atoms with van der Waals surface area (Å²) in [5.41, 5.74) is 2.65. The molecule has 4 heterocycles. The Bertz CT molecular complexity index is 997. The molecule has 6 rings (SSSR count). The van der Waals surface area contributed by atoms with Crippen molar-refractivity contribution in [2.75, 3.05) is 31.6 Å². The van der Waals surface area contributed by atoms with Gasteiger partial charge in [0.05, 0.1) is 23.4 Å². The van der Waals surface area contributed by atoms with Crippen molar-refractivity contribution in [2.45, 2.75) is 38.8 Å². The van der Waals surface area contributed by atoms with Gasteiger partial charge >= 0.3 is 0 Å². The molecule has 1 N–H and O–H groups in total. The van der Waals surface area contributed by atoms with Crippen LogP contribution in [0.25, 0.3) is 0 Å². The molecule has 3 saturated heterocycles. The van der Waals surface area contributed by atoms with Crippen LogP contribution in [-0.2, 0) is 6.54 Å². The van der Waals surface area contributed by atoms with Gasteiger partial charge in [0.25, 0.3) is 11.8 Å². The third-order valence-electron chi connectivity index (χ3n) is 6.89. The average molecular weight is 420 g/mol. The average Bonchev–Trinajstić information content (AvgIpc) is 3.11. The Labute approximate surface area is 183 Å². The van der Waals surface area contributed by atoms with E-state index in [1.54, 1.807) is 12.1 Å². The van der Waals surface area contributed by atoms with Gasteiger partial charge in [-0.15, -0.1) is 0 Å². The van der Waals surface area contributed by atoms with Crippen molar-refractivity contribution in [1.82, 2.24) is 9.80 Å². The van der Waals surface area contributed by atoms with Crippen LogP contribution in [0.4, 0.5) is 5.69 Å². The van der Waals surface area contributed by atoms with E-state index in [0.29, 0.717) is 41.8 Å². The smallest absolute Gasteiger partial charge is 0.259 e. The molecule has 162 valence electrons. The number of nitrogens with zero attached hydrogens (tertiary/aromatic N) is 2. The van der Waals surface area contributed by atoms with Crippen LogP contribution in [0.1, 0.15) is 52.5 Å². The summed E-state index contributed by atoms with van der Waals surface area (Å²) in [5.74, 6) is 1.12. The van der Waals surface area contributed by atoms with E-state index >= 15 is 0 Å². The molecule has 2 aromatic carbocycles. The van der Waals surface area contributed by atoms with Crippen LogP contribution in [0, 0.1) is 5.92 Å². The number of fused-ring (bicyclic) bond motifs is 4. The molecule has 0 saturated carbocycles. The first kappa shape index (κ1) is 20.1. The summed E-state index contributed by atoms with van der Waals surface area (Å²) in [4.78, 5) is 30.8. The summed E-state index contributed by atoms with van der Waals surface area (Å²) in [6.07, 6.45) is 3.78. The Morgan fingerprint density at radius 2 is 1.94 bits per heavy atom. The minimum absolute atomic E-state index is 0.0200. The van der Waals surface area contributed by atoms with E-state index in [1.165, 1.54) is 19.3 Å². The zero-order valence-electron chi connectivity index (χ0n) is 18.0. The molecule has 0 radical (unpaired) electrons. The summed E-state index contributed by atoms with van der Waals surface area (Å²) >= 11 is 0. The molecule has 0 aliphatic carbocycles. The summed E-state index contributed by atoms with van der Waals surface area (Å²) in [5, 5.41) is 2.96. The highest BCUT2D eigenvalue weighted by Gasteiger charge is 2.38. The van der Waals surface area contributed by atoms with E-state index in [-0.39, 0.29) is 11.8 Å². The van der Waals surface area contributed by atoms with E-state index in [0.717, 1.165) is 31.1 Å². The van der Waals surface area contributed by atoms with E-state index in [9.17, 15) is 9.59 Å². The van der Waals surface area contributed by atoms with Gasteiger partial charge in [0.15, 0.2) is 0 Å². The maximum absolute atomic E-state index is 13.3. The number of anilines is 1. The second-order valence-electron chi connectivity index (χ2n) is 8.78. The Hall–Kier alpha value is -2.86. The van der Waals surface area contributed by atoms with Crippen molar-refractivity contribution >= 4 is 17.5 Å². The predicted molar refractivity (Wildman–Crippen MR) is 119 cm³/mol. The fraction of sp³-hybridized carbons (Fsp3) is 0.440. The number of carbonyl (C=O) groups excluding carboxylic acids is 2. The first-order valence-electron chi connectivity index (χ1n) is 11.3. The quantitative estimate of drug-likeness (QED) is 0.774. The first-order valence-corrected chi connectivity index (χ1v) is 11.3. The van der Waals surface area contributed by atoms with Crippen LogP contribution < -0.4 is 10.1 Å². The minimum atomic E-state index is -0.264. The molecule has 3 fully saturated rings. The molecule has 2 aromatic rings. The lowest BCUT2D eigenvalue weighted by molar-refractivity contribution is 0.0268. The highest BCUT2D eigenvalue weighted by Crippen LogP contribution is 2.35. The molecule has 4 aliphatic rings. The maximum atomic E-state index is 13.3. The Balaban J connectivity index is 1.34. The number of benzene rings is 2. The molecule has 2 amide bonds. The highest BCUT2D eigenvalue weighted by atomic mass is 16.5. The number of rotatable bonds is 6. The van der Waals surface area contributed by atoms with Crippen molar-refractivity contribution in [2.24, 2.45) is 5.92 Å². The summed E-state index contributed by atoms with van der Waals surface area (Å²) in [6.45, 7) is 6.07. The highest BCUT2D eigenvalue weighted by molar-refractivity contribution is 6.11. The van der Waals surface area contributed by atoms with Crippen LogP contribution in [0.15, 0.2) is 42.5 Å². The molecule has 0 aromatic heterocycles. The monoisotopic (exact) mass is 419 g/mol. The third kappa shape index (κ3) is 3.81. The molecule has 0 spiro atoms. The van der Waals surface area contributed by atoms with Crippen LogP contribution >= 0.6 is 0 Å². The van der Waals surface area contributed by atoms with E-state index in [4.69, 9.17) is 4.74 Å². The number of para-hydroxylation sites is 1. The van der Waals surface area contributed by atoms with Crippen molar-refractivity contribution in [3.63, 3.8) is 0 Å². The van der Waals surface area contributed by atoms with Crippen molar-refractivity contribution in [3.8, 4) is 5.75 Å². The number of carbonyl (C=O) groups is 2. The lowest BCUT2D eigenvalue weighted by Crippen LogP contribution is -2.53. The number of hydrogen-bond donors (Lipinski definition) is 1. The normalized spacial score (nSPS) is 24.2. The molecule has 6 nitrogen and oxygen atoms in total. The fourth-order valence-electron chi connectivity index (χ4n) is 5.33. The van der Waals surface area contributed by atoms with Crippen LogP contribution in [0.2, 0.25) is 0 Å². The first-order chi connectivity index (χ1) is 15.1. The molecular weight excluding hydrogens is 390 g/mol. The summed E-state index contributed by atoms with van der Waals surface area (Å²) in [7, 11) is 0. The topological polar surface area (TPSA) is 61.9 Å². The second-order valence-corrected chi connectivity index (χ2v) is 8.78. The maximum Gasteiger partial charge on any atom is 0.259 e. The number of nitrogens with one attached hydrogen (secondary N) is 1. The van der Waals surface area contributed by atoms with Gasteiger partial charge in [-0.2, -0.15) is 0 Å². The van der Waals surface area contributed by atoms with E-state index < -0.39 is 0 Å². The fourth-order valence-corrected chi connectivity index (χ4v) is 5.33. The largest absolute Gasteiger partial charge is 0.493 e.